The Morgan fingerprint density at radius 3 is 2.62 bits per heavy atom. The van der Waals surface area contributed by atoms with E-state index in [1.807, 2.05) is 36.2 Å². The smallest absolute Gasteiger partial charge is 0.270 e. The van der Waals surface area contributed by atoms with Gasteiger partial charge in [-0.3, -0.25) is 9.78 Å². The van der Waals surface area contributed by atoms with Crippen molar-refractivity contribution in [3.8, 4) is 0 Å². The van der Waals surface area contributed by atoms with Crippen molar-refractivity contribution in [3.05, 3.63) is 65.6 Å². The summed E-state index contributed by atoms with van der Waals surface area (Å²) < 4.78 is 2.21. The Bertz CT molecular complexity index is 883. The van der Waals surface area contributed by atoms with Gasteiger partial charge in [0.05, 0.1) is 0 Å². The van der Waals surface area contributed by atoms with Crippen LogP contribution in [0.15, 0.2) is 48.8 Å². The lowest BCUT2D eigenvalue weighted by molar-refractivity contribution is 0.0785. The minimum atomic E-state index is 0.101. The number of carbonyl (C=O) groups is 1. The molecule has 0 saturated heterocycles. The number of pyridine rings is 1. The highest BCUT2D eigenvalue weighted by molar-refractivity contribution is 6.01. The summed E-state index contributed by atoms with van der Waals surface area (Å²) in [6.07, 6.45) is 6.60. The largest absolute Gasteiger partial charge is 0.340 e. The Balaban J connectivity index is 1.87. The van der Waals surface area contributed by atoms with Gasteiger partial charge in [-0.25, -0.2) is 0 Å². The number of para-hydroxylation sites is 1. The lowest BCUT2D eigenvalue weighted by Gasteiger charge is -2.19. The molecule has 0 spiro atoms. The second-order valence-electron chi connectivity index (χ2n) is 6.83. The Morgan fingerprint density at radius 2 is 1.88 bits per heavy atom. The number of likely N-dealkylation sites (N-methyl/N-ethyl adjacent to an activating group) is 1. The molecule has 136 valence electrons. The molecule has 0 aliphatic rings. The third kappa shape index (κ3) is 3.64. The molecule has 0 bridgehead atoms. The van der Waals surface area contributed by atoms with Crippen LogP contribution in [0.5, 0.6) is 0 Å². The van der Waals surface area contributed by atoms with E-state index < -0.39 is 0 Å². The Morgan fingerprint density at radius 1 is 1.15 bits per heavy atom. The summed E-state index contributed by atoms with van der Waals surface area (Å²) in [6.45, 7) is 5.82. The second kappa shape index (κ2) is 8.17. The van der Waals surface area contributed by atoms with Crippen molar-refractivity contribution in [2.24, 2.45) is 0 Å². The van der Waals surface area contributed by atoms with Crippen LogP contribution in [0.2, 0.25) is 0 Å². The van der Waals surface area contributed by atoms with Crippen molar-refractivity contribution in [2.45, 2.75) is 39.7 Å². The minimum Gasteiger partial charge on any atom is -0.340 e. The van der Waals surface area contributed by atoms with Crippen LogP contribution >= 0.6 is 0 Å². The van der Waals surface area contributed by atoms with E-state index in [4.69, 9.17) is 0 Å². The van der Waals surface area contributed by atoms with Crippen molar-refractivity contribution in [2.75, 3.05) is 13.6 Å². The minimum absolute atomic E-state index is 0.101. The molecule has 4 heteroatoms. The topological polar surface area (TPSA) is 38.1 Å². The van der Waals surface area contributed by atoms with E-state index in [0.717, 1.165) is 42.6 Å². The molecule has 1 aromatic carbocycles. The van der Waals surface area contributed by atoms with E-state index in [2.05, 4.69) is 35.5 Å². The highest BCUT2D eigenvalue weighted by atomic mass is 16.2. The summed E-state index contributed by atoms with van der Waals surface area (Å²) in [5.41, 5.74) is 4.27. The summed E-state index contributed by atoms with van der Waals surface area (Å²) >= 11 is 0. The van der Waals surface area contributed by atoms with Crippen LogP contribution in [0.3, 0.4) is 0 Å². The van der Waals surface area contributed by atoms with Gasteiger partial charge in [-0.15, -0.1) is 0 Å². The normalized spacial score (nSPS) is 11.0. The van der Waals surface area contributed by atoms with Crippen molar-refractivity contribution in [3.63, 3.8) is 0 Å². The summed E-state index contributed by atoms with van der Waals surface area (Å²) in [6, 6.07) is 12.3. The zero-order valence-corrected chi connectivity index (χ0v) is 15.9. The Kier molecular flexibility index (Phi) is 5.71. The first-order valence-electron chi connectivity index (χ1n) is 9.35. The van der Waals surface area contributed by atoms with Crippen LogP contribution in [0.25, 0.3) is 10.9 Å². The zero-order chi connectivity index (χ0) is 18.5. The molecule has 0 saturated carbocycles. The summed E-state index contributed by atoms with van der Waals surface area (Å²) in [7, 11) is 1.89. The number of rotatable bonds is 7. The quantitative estimate of drug-likeness (QED) is 0.631. The Hall–Kier alpha value is -2.62. The van der Waals surface area contributed by atoms with Gasteiger partial charge in [-0.05, 0) is 49.1 Å². The highest BCUT2D eigenvalue weighted by Crippen LogP contribution is 2.27. The van der Waals surface area contributed by atoms with E-state index in [-0.39, 0.29) is 5.91 Å². The van der Waals surface area contributed by atoms with E-state index in [9.17, 15) is 4.79 Å². The van der Waals surface area contributed by atoms with Crippen molar-refractivity contribution in [1.29, 1.82) is 0 Å². The van der Waals surface area contributed by atoms with Crippen LogP contribution in [-0.4, -0.2) is 34.0 Å². The van der Waals surface area contributed by atoms with Gasteiger partial charge in [0.2, 0.25) is 0 Å². The average Bonchev–Trinajstić information content (AvgIpc) is 2.96. The lowest BCUT2D eigenvalue weighted by atomic mass is 10.1. The first kappa shape index (κ1) is 18.2. The molecule has 2 heterocycles. The fourth-order valence-electron chi connectivity index (χ4n) is 3.43. The van der Waals surface area contributed by atoms with E-state index >= 15 is 0 Å². The highest BCUT2D eigenvalue weighted by Gasteiger charge is 2.22. The number of unbranched alkanes of at least 4 members (excludes halogenated alkanes) is 1. The van der Waals surface area contributed by atoms with Gasteiger partial charge in [0.15, 0.2) is 0 Å². The summed E-state index contributed by atoms with van der Waals surface area (Å²) in [5.74, 6) is 0.101. The van der Waals surface area contributed by atoms with E-state index in [0.29, 0.717) is 6.54 Å². The fourth-order valence-corrected chi connectivity index (χ4v) is 3.43. The molecule has 0 unspecified atom stereocenters. The van der Waals surface area contributed by atoms with Crippen molar-refractivity contribution < 1.29 is 4.79 Å². The SMILES string of the molecule is CCCCn1c(C(=O)N(C)CCc2ccncc2)c(C)c2ccccc21. The summed E-state index contributed by atoms with van der Waals surface area (Å²) in [5, 5.41) is 1.18. The molecular weight excluding hydrogens is 322 g/mol. The van der Waals surface area contributed by atoms with Gasteiger partial charge < -0.3 is 9.47 Å². The van der Waals surface area contributed by atoms with Crippen LogP contribution in [0.1, 0.15) is 41.4 Å². The Labute approximate surface area is 155 Å². The molecule has 3 rings (SSSR count). The van der Waals surface area contributed by atoms with Crippen LogP contribution < -0.4 is 0 Å². The number of hydrogen-bond acceptors (Lipinski definition) is 2. The van der Waals surface area contributed by atoms with Gasteiger partial charge >= 0.3 is 0 Å². The van der Waals surface area contributed by atoms with Crippen LogP contribution in [0.4, 0.5) is 0 Å². The zero-order valence-electron chi connectivity index (χ0n) is 15.9. The predicted molar refractivity (Wildman–Crippen MR) is 106 cm³/mol. The molecule has 0 atom stereocenters. The monoisotopic (exact) mass is 349 g/mol. The number of benzene rings is 1. The third-order valence-corrected chi connectivity index (χ3v) is 4.99. The number of aromatic nitrogens is 2. The van der Waals surface area contributed by atoms with E-state index in [1.165, 1.54) is 10.9 Å². The average molecular weight is 349 g/mol. The second-order valence-corrected chi connectivity index (χ2v) is 6.83. The fraction of sp³-hybridized carbons (Fsp3) is 0.364. The molecule has 26 heavy (non-hydrogen) atoms. The molecule has 0 fully saturated rings. The summed E-state index contributed by atoms with van der Waals surface area (Å²) in [4.78, 5) is 19.1. The van der Waals surface area contributed by atoms with Gasteiger partial charge in [0, 0.05) is 43.4 Å². The van der Waals surface area contributed by atoms with Crippen molar-refractivity contribution >= 4 is 16.8 Å². The van der Waals surface area contributed by atoms with Gasteiger partial charge in [-0.2, -0.15) is 0 Å². The molecule has 0 aliphatic heterocycles. The molecule has 3 aromatic rings. The number of aryl methyl sites for hydroxylation is 2. The molecule has 0 N–H and O–H groups in total. The lowest BCUT2D eigenvalue weighted by Crippen LogP contribution is -2.31. The van der Waals surface area contributed by atoms with E-state index in [1.54, 1.807) is 12.4 Å². The maximum absolute atomic E-state index is 13.2. The van der Waals surface area contributed by atoms with Gasteiger partial charge in [-0.1, -0.05) is 31.5 Å². The molecule has 4 nitrogen and oxygen atoms in total. The number of nitrogens with zero attached hydrogens (tertiary/aromatic N) is 3. The molecular formula is C22H27N3O. The number of amides is 1. The number of hydrogen-bond donors (Lipinski definition) is 0. The van der Waals surface area contributed by atoms with Gasteiger partial charge in [0.1, 0.15) is 5.69 Å². The van der Waals surface area contributed by atoms with Crippen molar-refractivity contribution in [1.82, 2.24) is 14.5 Å². The number of fused-ring (bicyclic) bond motifs is 1. The standard InChI is InChI=1S/C22H27N3O/c1-4-5-15-25-20-9-7-6-8-19(20)17(2)21(25)22(26)24(3)16-12-18-10-13-23-14-11-18/h6-11,13-14H,4-5,12,15-16H2,1-3H3. The first-order chi connectivity index (χ1) is 12.6. The molecule has 0 radical (unpaired) electrons. The predicted octanol–water partition coefficient (Wildman–Crippen LogP) is 4.46. The van der Waals surface area contributed by atoms with Gasteiger partial charge in [0.25, 0.3) is 5.91 Å². The molecule has 0 aliphatic carbocycles. The van der Waals surface area contributed by atoms with Crippen LogP contribution in [-0.2, 0) is 13.0 Å². The maximum Gasteiger partial charge on any atom is 0.270 e. The first-order valence-corrected chi connectivity index (χ1v) is 9.35. The molecule has 2 aromatic heterocycles. The molecule has 1 amide bonds. The number of carbonyl (C=O) groups excluding carboxylic acids is 1. The maximum atomic E-state index is 13.2. The third-order valence-electron chi connectivity index (χ3n) is 4.99. The van der Waals surface area contributed by atoms with Crippen LogP contribution in [0, 0.1) is 6.92 Å².